The molecule has 184 valence electrons. The van der Waals surface area contributed by atoms with Crippen molar-refractivity contribution < 1.29 is 23.4 Å². The van der Waals surface area contributed by atoms with Crippen molar-refractivity contribution in [3.8, 4) is 11.5 Å². The Balaban J connectivity index is 1.72. The van der Waals surface area contributed by atoms with Crippen molar-refractivity contribution in [2.45, 2.75) is 29.7 Å². The Bertz CT molecular complexity index is 1510. The Morgan fingerprint density at radius 2 is 1.97 bits per heavy atom. The third-order valence-corrected chi connectivity index (χ3v) is 7.93. The summed E-state index contributed by atoms with van der Waals surface area (Å²) in [5.41, 5.74) is 0.540. The molecule has 6 rings (SSSR count). The molecule has 3 aliphatic heterocycles. The first-order chi connectivity index (χ1) is 17.4. The van der Waals surface area contributed by atoms with E-state index in [1.807, 2.05) is 31.2 Å². The summed E-state index contributed by atoms with van der Waals surface area (Å²) in [6.45, 7) is 1.95. The number of nitrogens with zero attached hydrogens (tertiary/aromatic N) is 3. The van der Waals surface area contributed by atoms with Crippen LogP contribution in [0.3, 0.4) is 0 Å². The molecule has 2 atom stereocenters. The van der Waals surface area contributed by atoms with Crippen LogP contribution in [0.4, 0.5) is 8.78 Å². The number of halogens is 2. The minimum atomic E-state index is -1.00. The van der Waals surface area contributed by atoms with E-state index in [2.05, 4.69) is 0 Å². The number of fused-ring (bicyclic) bond motifs is 7. The van der Waals surface area contributed by atoms with Crippen LogP contribution in [0.15, 0.2) is 64.4 Å². The molecule has 10 heteroatoms. The fourth-order valence-electron chi connectivity index (χ4n) is 5.05. The highest BCUT2D eigenvalue weighted by Crippen LogP contribution is 2.47. The fourth-order valence-corrected chi connectivity index (χ4v) is 6.15. The summed E-state index contributed by atoms with van der Waals surface area (Å²) in [5, 5.41) is 12.5. The molecule has 0 aliphatic carbocycles. The van der Waals surface area contributed by atoms with Crippen molar-refractivity contribution in [1.82, 2.24) is 9.58 Å². The lowest BCUT2D eigenvalue weighted by Crippen LogP contribution is -2.57. The maximum atomic E-state index is 15.3. The molecule has 0 unspecified atom stereocenters. The Labute approximate surface area is 209 Å². The first-order valence-electron chi connectivity index (χ1n) is 11.4. The standard InChI is InChI=1S/C26H21F2N3O4S/c1-14-5-4-10-35-19-11-17(27)22(28)16-12-36-20-7-3-2-6-15(20)23(21(16)19)31-13-29(14)26(34)24-25(33)18(32)8-9-30(24)31/h2-9,11,14,23,33H,10,12-13H2,1H3/b5-4+/t14-,23+/m1/s1. The van der Waals surface area contributed by atoms with Crippen LogP contribution >= 0.6 is 11.8 Å². The lowest BCUT2D eigenvalue weighted by Gasteiger charge is -2.45. The van der Waals surface area contributed by atoms with E-state index in [1.165, 1.54) is 33.6 Å². The van der Waals surface area contributed by atoms with Crippen LogP contribution in [0.1, 0.15) is 40.1 Å². The Morgan fingerprint density at radius 1 is 1.17 bits per heavy atom. The third kappa shape index (κ3) is 3.31. The molecule has 1 N–H and O–H groups in total. The Kier molecular flexibility index (Phi) is 5.29. The number of aromatic nitrogens is 1. The molecule has 1 aromatic heterocycles. The molecule has 4 heterocycles. The fraction of sp³-hybridized carbons (Fsp3) is 0.231. The lowest BCUT2D eigenvalue weighted by atomic mass is 9.92. The van der Waals surface area contributed by atoms with Crippen LogP contribution in [-0.4, -0.2) is 39.9 Å². The van der Waals surface area contributed by atoms with Crippen molar-refractivity contribution in [2.24, 2.45) is 0 Å². The predicted octanol–water partition coefficient (Wildman–Crippen LogP) is 3.92. The van der Waals surface area contributed by atoms with Gasteiger partial charge in [0, 0.05) is 46.1 Å². The highest BCUT2D eigenvalue weighted by atomic mass is 32.2. The largest absolute Gasteiger partial charge is 0.502 e. The number of rotatable bonds is 0. The van der Waals surface area contributed by atoms with Crippen LogP contribution < -0.4 is 15.2 Å². The Morgan fingerprint density at radius 3 is 2.81 bits per heavy atom. The van der Waals surface area contributed by atoms with E-state index in [1.54, 1.807) is 17.2 Å². The summed E-state index contributed by atoms with van der Waals surface area (Å²) >= 11 is 1.39. The van der Waals surface area contributed by atoms with Crippen LogP contribution in [0.5, 0.6) is 11.5 Å². The van der Waals surface area contributed by atoms with E-state index >= 15 is 4.39 Å². The third-order valence-electron chi connectivity index (χ3n) is 6.81. The summed E-state index contributed by atoms with van der Waals surface area (Å²) in [5.74, 6) is -2.76. The minimum Gasteiger partial charge on any atom is -0.502 e. The molecular formula is C26H21F2N3O4S. The molecule has 0 fully saturated rings. The van der Waals surface area contributed by atoms with Gasteiger partial charge in [-0.2, -0.15) is 0 Å². The summed E-state index contributed by atoms with van der Waals surface area (Å²) in [6.07, 6.45) is 4.90. The quantitative estimate of drug-likeness (QED) is 0.463. The second-order valence-electron chi connectivity index (χ2n) is 8.85. The predicted molar refractivity (Wildman–Crippen MR) is 130 cm³/mol. The van der Waals surface area contributed by atoms with E-state index in [0.29, 0.717) is 5.56 Å². The molecule has 0 spiro atoms. The smallest absolute Gasteiger partial charge is 0.278 e. The van der Waals surface area contributed by atoms with Gasteiger partial charge in [0.2, 0.25) is 5.43 Å². The summed E-state index contributed by atoms with van der Waals surface area (Å²) < 4.78 is 37.5. The number of benzene rings is 2. The van der Waals surface area contributed by atoms with Crippen molar-refractivity contribution in [3.63, 3.8) is 0 Å². The van der Waals surface area contributed by atoms with Gasteiger partial charge in [-0.05, 0) is 24.6 Å². The van der Waals surface area contributed by atoms with Crippen LogP contribution in [0, 0.1) is 11.6 Å². The Hall–Kier alpha value is -3.79. The van der Waals surface area contributed by atoms with E-state index < -0.39 is 40.8 Å². The normalized spacial score (nSPS) is 21.4. The highest BCUT2D eigenvalue weighted by molar-refractivity contribution is 7.98. The molecule has 1 amide bonds. The molecule has 3 aliphatic rings. The summed E-state index contributed by atoms with van der Waals surface area (Å²) in [7, 11) is 0. The zero-order valence-corrected chi connectivity index (χ0v) is 20.0. The number of hydrogen-bond donors (Lipinski definition) is 1. The SMILES string of the molecule is C[C@@H]1/C=C/COc2cc(F)c(F)c3c2[C@H](c2ccccc2SC3)N2CN1C(=O)c1c(O)c(=O)ccn12. The van der Waals surface area contributed by atoms with Crippen LogP contribution in [0.2, 0.25) is 0 Å². The average Bonchev–Trinajstić information content (AvgIpc) is 3.05. The number of thioether (sulfide) groups is 1. The van der Waals surface area contributed by atoms with Gasteiger partial charge >= 0.3 is 0 Å². The zero-order chi connectivity index (χ0) is 25.1. The number of hydrogen-bond acceptors (Lipinski definition) is 6. The van der Waals surface area contributed by atoms with Crippen molar-refractivity contribution in [3.05, 3.63) is 99.0 Å². The molecule has 7 nitrogen and oxygen atoms in total. The summed E-state index contributed by atoms with van der Waals surface area (Å²) in [4.78, 5) is 28.2. The van der Waals surface area contributed by atoms with Gasteiger partial charge in [0.1, 0.15) is 25.1 Å². The molecule has 0 radical (unpaired) electrons. The topological polar surface area (TPSA) is 75.0 Å². The van der Waals surface area contributed by atoms with E-state index in [0.717, 1.165) is 16.5 Å². The second kappa shape index (κ2) is 8.41. The van der Waals surface area contributed by atoms with Gasteiger partial charge in [-0.1, -0.05) is 24.3 Å². The maximum absolute atomic E-state index is 15.3. The van der Waals surface area contributed by atoms with E-state index in [9.17, 15) is 19.1 Å². The van der Waals surface area contributed by atoms with Gasteiger partial charge in [0.05, 0.1) is 0 Å². The zero-order valence-electron chi connectivity index (χ0n) is 19.1. The van der Waals surface area contributed by atoms with Crippen molar-refractivity contribution in [2.75, 3.05) is 18.3 Å². The molecule has 0 saturated carbocycles. The van der Waals surface area contributed by atoms with Gasteiger partial charge in [-0.15, -0.1) is 11.8 Å². The number of pyridine rings is 1. The first-order valence-corrected chi connectivity index (χ1v) is 12.4. The molecule has 2 bridgehead atoms. The van der Waals surface area contributed by atoms with Crippen LogP contribution in [0.25, 0.3) is 0 Å². The number of amides is 1. The van der Waals surface area contributed by atoms with Gasteiger partial charge in [-0.3, -0.25) is 19.3 Å². The molecular weight excluding hydrogens is 488 g/mol. The lowest BCUT2D eigenvalue weighted by molar-refractivity contribution is 0.0642. The van der Waals surface area contributed by atoms with Gasteiger partial charge in [0.15, 0.2) is 23.1 Å². The number of ether oxygens (including phenoxy) is 1. The number of carbonyl (C=O) groups excluding carboxylic acids is 1. The van der Waals surface area contributed by atoms with Crippen LogP contribution in [-0.2, 0) is 5.75 Å². The van der Waals surface area contributed by atoms with Gasteiger partial charge in [-0.25, -0.2) is 8.78 Å². The van der Waals surface area contributed by atoms with Gasteiger partial charge < -0.3 is 14.7 Å². The average molecular weight is 510 g/mol. The maximum Gasteiger partial charge on any atom is 0.278 e. The second-order valence-corrected chi connectivity index (χ2v) is 9.87. The molecule has 0 saturated heterocycles. The molecule has 36 heavy (non-hydrogen) atoms. The monoisotopic (exact) mass is 509 g/mol. The van der Waals surface area contributed by atoms with Crippen molar-refractivity contribution >= 4 is 17.7 Å². The summed E-state index contributed by atoms with van der Waals surface area (Å²) in [6, 6.07) is 8.63. The minimum absolute atomic E-state index is 0.0567. The van der Waals surface area contributed by atoms with Crippen molar-refractivity contribution in [1.29, 1.82) is 0 Å². The van der Waals surface area contributed by atoms with Gasteiger partial charge in [0.25, 0.3) is 5.91 Å². The molecule has 2 aromatic carbocycles. The van der Waals surface area contributed by atoms with E-state index in [4.69, 9.17) is 4.74 Å². The molecule has 3 aromatic rings. The number of carbonyl (C=O) groups is 1. The number of aromatic hydroxyl groups is 1. The van der Waals surface area contributed by atoms with E-state index in [-0.39, 0.29) is 36.0 Å². The first kappa shape index (κ1) is 22.7. The highest BCUT2D eigenvalue weighted by Gasteiger charge is 2.41.